The molecule has 0 saturated heterocycles. The Labute approximate surface area is 188 Å². The fraction of sp³-hybridized carbons (Fsp3) is 0.0870. The van der Waals surface area contributed by atoms with E-state index in [4.69, 9.17) is 4.42 Å². The molecular formula is C23H17FN4O4S. The van der Waals surface area contributed by atoms with Gasteiger partial charge in [0.15, 0.2) is 0 Å². The lowest BCUT2D eigenvalue weighted by Crippen LogP contribution is -2.29. The number of carbonyl (C=O) groups excluding carboxylic acids is 1. The Bertz CT molecular complexity index is 1450. The van der Waals surface area contributed by atoms with Crippen LogP contribution in [-0.4, -0.2) is 31.1 Å². The number of carbonyl (C=O) groups is 1. The van der Waals surface area contributed by atoms with Gasteiger partial charge in [0.25, 0.3) is 15.9 Å². The number of nitrogens with one attached hydrogen (secondary N) is 1. The number of fused-ring (bicyclic) bond motifs is 1. The zero-order valence-corrected chi connectivity index (χ0v) is 17.9. The number of benzene rings is 3. The van der Waals surface area contributed by atoms with Gasteiger partial charge in [-0.15, -0.1) is 5.10 Å². The van der Waals surface area contributed by atoms with Crippen LogP contribution in [-0.2, 0) is 16.4 Å². The van der Waals surface area contributed by atoms with E-state index in [-0.39, 0.29) is 22.4 Å². The standard InChI is InChI=1S/C23H17FN4O4S/c24-18-6-3-5-17(14-18)22-26-27-23(32-22)25-21(29)16-8-10-19(11-9-16)33(30,31)28-13-12-15-4-1-2-7-20(15)28/h1-11,14H,12-13H2,(H,25,27,29). The van der Waals surface area contributed by atoms with Gasteiger partial charge in [-0.2, -0.15) is 0 Å². The van der Waals surface area contributed by atoms with Crippen molar-refractivity contribution in [3.05, 3.63) is 89.7 Å². The minimum absolute atomic E-state index is 0.0529. The maximum Gasteiger partial charge on any atom is 0.322 e. The van der Waals surface area contributed by atoms with Crippen molar-refractivity contribution in [3.8, 4) is 11.5 Å². The first-order valence-electron chi connectivity index (χ1n) is 10.0. The molecule has 0 bridgehead atoms. The molecule has 3 aromatic carbocycles. The summed E-state index contributed by atoms with van der Waals surface area (Å²) in [6.07, 6.45) is 0.650. The second kappa shape index (κ2) is 8.14. The molecule has 0 fully saturated rings. The summed E-state index contributed by atoms with van der Waals surface area (Å²) < 4.78 is 46.3. The van der Waals surface area contributed by atoms with Crippen molar-refractivity contribution < 1.29 is 22.0 Å². The number of nitrogens with zero attached hydrogens (tertiary/aromatic N) is 3. The zero-order chi connectivity index (χ0) is 23.0. The number of halogens is 1. The minimum atomic E-state index is -3.75. The monoisotopic (exact) mass is 464 g/mol. The molecular weight excluding hydrogens is 447 g/mol. The Morgan fingerprint density at radius 3 is 2.58 bits per heavy atom. The predicted molar refractivity (Wildman–Crippen MR) is 119 cm³/mol. The summed E-state index contributed by atoms with van der Waals surface area (Å²) in [7, 11) is -3.75. The van der Waals surface area contributed by atoms with E-state index in [2.05, 4.69) is 15.5 Å². The smallest absolute Gasteiger partial charge is 0.322 e. The van der Waals surface area contributed by atoms with Gasteiger partial charge < -0.3 is 4.42 Å². The highest BCUT2D eigenvalue weighted by molar-refractivity contribution is 7.92. The predicted octanol–water partition coefficient (Wildman–Crippen LogP) is 3.88. The highest BCUT2D eigenvalue weighted by Crippen LogP contribution is 2.32. The topological polar surface area (TPSA) is 105 Å². The molecule has 1 aromatic heterocycles. The van der Waals surface area contributed by atoms with Gasteiger partial charge in [0.05, 0.1) is 10.6 Å². The molecule has 10 heteroatoms. The highest BCUT2D eigenvalue weighted by Gasteiger charge is 2.30. The van der Waals surface area contributed by atoms with E-state index in [1.165, 1.54) is 46.8 Å². The zero-order valence-electron chi connectivity index (χ0n) is 17.1. The third-order valence-corrected chi connectivity index (χ3v) is 7.09. The molecule has 0 saturated carbocycles. The van der Waals surface area contributed by atoms with Gasteiger partial charge in [0.2, 0.25) is 5.89 Å². The van der Waals surface area contributed by atoms with Crippen molar-refractivity contribution in [1.82, 2.24) is 10.2 Å². The number of para-hydroxylation sites is 1. The minimum Gasteiger partial charge on any atom is -0.403 e. The van der Waals surface area contributed by atoms with Gasteiger partial charge in [0.1, 0.15) is 5.82 Å². The van der Waals surface area contributed by atoms with Gasteiger partial charge in [-0.3, -0.25) is 14.4 Å². The van der Waals surface area contributed by atoms with Gasteiger partial charge in [0, 0.05) is 17.7 Å². The fourth-order valence-electron chi connectivity index (χ4n) is 3.64. The number of amides is 1. The molecule has 0 radical (unpaired) electrons. The average molecular weight is 464 g/mol. The second-order valence-corrected chi connectivity index (χ2v) is 9.22. The number of sulfonamides is 1. The van der Waals surface area contributed by atoms with Crippen molar-refractivity contribution >= 4 is 27.6 Å². The number of hydrogen-bond acceptors (Lipinski definition) is 6. The van der Waals surface area contributed by atoms with Crippen LogP contribution in [0.15, 0.2) is 82.1 Å². The summed E-state index contributed by atoms with van der Waals surface area (Å²) in [6, 6.07) is 18.4. The van der Waals surface area contributed by atoms with Crippen molar-refractivity contribution in [2.75, 3.05) is 16.2 Å². The van der Waals surface area contributed by atoms with Crippen LogP contribution in [0.25, 0.3) is 11.5 Å². The van der Waals surface area contributed by atoms with Crippen LogP contribution >= 0.6 is 0 Å². The first-order valence-corrected chi connectivity index (χ1v) is 11.5. The normalized spacial score (nSPS) is 13.1. The molecule has 0 spiro atoms. The van der Waals surface area contributed by atoms with Crippen LogP contribution in [0.5, 0.6) is 0 Å². The number of hydrogen-bond donors (Lipinski definition) is 1. The van der Waals surface area contributed by atoms with Crippen molar-refractivity contribution in [2.45, 2.75) is 11.3 Å². The van der Waals surface area contributed by atoms with E-state index in [0.717, 1.165) is 5.56 Å². The van der Waals surface area contributed by atoms with Gasteiger partial charge in [-0.25, -0.2) is 12.8 Å². The molecule has 33 heavy (non-hydrogen) atoms. The molecule has 1 aliphatic heterocycles. The molecule has 1 aliphatic rings. The molecule has 0 aliphatic carbocycles. The molecule has 166 valence electrons. The summed E-state index contributed by atoms with van der Waals surface area (Å²) in [6.45, 7) is 0.370. The molecule has 0 atom stereocenters. The summed E-state index contributed by atoms with van der Waals surface area (Å²) in [5.74, 6) is -0.958. The Balaban J connectivity index is 1.31. The molecule has 1 N–H and O–H groups in total. The summed E-state index contributed by atoms with van der Waals surface area (Å²) in [5.41, 5.74) is 2.24. The molecule has 1 amide bonds. The molecule has 0 unspecified atom stereocenters. The quantitative estimate of drug-likeness (QED) is 0.481. The Hall–Kier alpha value is -4.05. The van der Waals surface area contributed by atoms with E-state index in [1.54, 1.807) is 18.2 Å². The van der Waals surface area contributed by atoms with E-state index in [9.17, 15) is 17.6 Å². The van der Waals surface area contributed by atoms with Gasteiger partial charge in [-0.1, -0.05) is 29.4 Å². The maximum absolute atomic E-state index is 13.4. The van der Waals surface area contributed by atoms with E-state index < -0.39 is 21.7 Å². The molecule has 5 rings (SSSR count). The third kappa shape index (κ3) is 3.96. The largest absolute Gasteiger partial charge is 0.403 e. The summed E-state index contributed by atoms with van der Waals surface area (Å²) >= 11 is 0. The van der Waals surface area contributed by atoms with Crippen LogP contribution < -0.4 is 9.62 Å². The van der Waals surface area contributed by atoms with Crippen LogP contribution in [0.2, 0.25) is 0 Å². The average Bonchev–Trinajstić information content (AvgIpc) is 3.47. The van der Waals surface area contributed by atoms with Crippen molar-refractivity contribution in [2.24, 2.45) is 0 Å². The fourth-order valence-corrected chi connectivity index (χ4v) is 5.15. The number of rotatable bonds is 5. The highest BCUT2D eigenvalue weighted by atomic mass is 32.2. The Morgan fingerprint density at radius 1 is 1.00 bits per heavy atom. The van der Waals surface area contributed by atoms with Crippen molar-refractivity contribution in [1.29, 1.82) is 0 Å². The van der Waals surface area contributed by atoms with Crippen LogP contribution in [0, 0.1) is 5.82 Å². The lowest BCUT2D eigenvalue weighted by molar-refractivity contribution is 0.102. The number of anilines is 2. The molecule has 2 heterocycles. The maximum atomic E-state index is 13.4. The Kier molecular flexibility index (Phi) is 5.14. The first-order chi connectivity index (χ1) is 15.9. The second-order valence-electron chi connectivity index (χ2n) is 7.36. The summed E-state index contributed by atoms with van der Waals surface area (Å²) in [5, 5.41) is 10.0. The van der Waals surface area contributed by atoms with E-state index in [1.807, 2.05) is 12.1 Å². The number of aromatic nitrogens is 2. The van der Waals surface area contributed by atoms with Gasteiger partial charge in [-0.05, 0) is 60.5 Å². The lowest BCUT2D eigenvalue weighted by atomic mass is 10.2. The third-order valence-electron chi connectivity index (χ3n) is 5.27. The van der Waals surface area contributed by atoms with Crippen LogP contribution in [0.4, 0.5) is 16.1 Å². The van der Waals surface area contributed by atoms with Crippen LogP contribution in [0.1, 0.15) is 15.9 Å². The SMILES string of the molecule is O=C(Nc1nnc(-c2cccc(F)c2)o1)c1ccc(S(=O)(=O)N2CCc3ccccc32)cc1. The van der Waals surface area contributed by atoms with Crippen LogP contribution in [0.3, 0.4) is 0 Å². The molecule has 8 nitrogen and oxygen atoms in total. The Morgan fingerprint density at radius 2 is 1.79 bits per heavy atom. The van der Waals surface area contributed by atoms with E-state index >= 15 is 0 Å². The van der Waals surface area contributed by atoms with E-state index in [0.29, 0.717) is 24.2 Å². The van der Waals surface area contributed by atoms with Gasteiger partial charge >= 0.3 is 6.01 Å². The summed E-state index contributed by atoms with van der Waals surface area (Å²) in [4.78, 5) is 12.6. The van der Waals surface area contributed by atoms with Crippen molar-refractivity contribution in [3.63, 3.8) is 0 Å². The lowest BCUT2D eigenvalue weighted by Gasteiger charge is -2.19. The first kappa shape index (κ1) is 20.8. The molecule has 4 aromatic rings.